The standard InChI is InChI=1S/C5H11N5O3S/c11-2-1-3-14(12,13)6-4-5-7-9-10-8-5/h6,11H,1-4H2,(H,7,8,9,10). The van der Waals surface area contributed by atoms with Crippen LogP contribution in [0.3, 0.4) is 0 Å². The summed E-state index contributed by atoms with van der Waals surface area (Å²) in [5, 5.41) is 21.1. The Morgan fingerprint density at radius 2 is 2.29 bits per heavy atom. The summed E-state index contributed by atoms with van der Waals surface area (Å²) < 4.78 is 24.6. The predicted molar refractivity (Wildman–Crippen MR) is 46.5 cm³/mol. The van der Waals surface area contributed by atoms with Crippen LogP contribution in [-0.4, -0.2) is 46.5 Å². The second-order valence-corrected chi connectivity index (χ2v) is 4.47. The molecule has 1 rings (SSSR count). The highest BCUT2D eigenvalue weighted by Gasteiger charge is 2.10. The number of hydrogen-bond donors (Lipinski definition) is 3. The molecule has 1 heterocycles. The van der Waals surface area contributed by atoms with Crippen LogP contribution < -0.4 is 4.72 Å². The van der Waals surface area contributed by atoms with E-state index in [1.54, 1.807) is 0 Å². The highest BCUT2D eigenvalue weighted by Crippen LogP contribution is 1.91. The zero-order valence-electron chi connectivity index (χ0n) is 7.34. The average molecular weight is 221 g/mol. The van der Waals surface area contributed by atoms with Crippen LogP contribution in [0, 0.1) is 0 Å². The minimum Gasteiger partial charge on any atom is -0.396 e. The Kier molecular flexibility index (Phi) is 3.92. The lowest BCUT2D eigenvalue weighted by Gasteiger charge is -2.02. The Balaban J connectivity index is 2.37. The minimum absolute atomic E-state index is 0.00423. The van der Waals surface area contributed by atoms with E-state index in [2.05, 4.69) is 25.3 Å². The lowest BCUT2D eigenvalue weighted by Crippen LogP contribution is -2.26. The summed E-state index contributed by atoms with van der Waals surface area (Å²) in [6, 6.07) is 0. The van der Waals surface area contributed by atoms with Crippen molar-refractivity contribution in [2.45, 2.75) is 13.0 Å². The van der Waals surface area contributed by atoms with Crippen molar-refractivity contribution in [1.82, 2.24) is 25.3 Å². The third-order valence-electron chi connectivity index (χ3n) is 1.41. The molecule has 3 N–H and O–H groups in total. The quantitative estimate of drug-likeness (QED) is 0.511. The van der Waals surface area contributed by atoms with E-state index >= 15 is 0 Å². The van der Waals surface area contributed by atoms with Gasteiger partial charge in [-0.05, 0) is 6.42 Å². The molecule has 0 aliphatic carbocycles. The second kappa shape index (κ2) is 4.98. The van der Waals surface area contributed by atoms with Crippen molar-refractivity contribution in [3.05, 3.63) is 5.82 Å². The van der Waals surface area contributed by atoms with E-state index in [0.717, 1.165) is 0 Å². The summed E-state index contributed by atoms with van der Waals surface area (Å²) in [6.45, 7) is -0.145. The van der Waals surface area contributed by atoms with Gasteiger partial charge in [-0.15, -0.1) is 10.2 Å². The third-order valence-corrected chi connectivity index (χ3v) is 2.82. The van der Waals surface area contributed by atoms with Crippen molar-refractivity contribution in [3.8, 4) is 0 Å². The van der Waals surface area contributed by atoms with Gasteiger partial charge in [0.1, 0.15) is 0 Å². The number of tetrazole rings is 1. The largest absolute Gasteiger partial charge is 0.396 e. The molecule has 0 aromatic carbocycles. The third kappa shape index (κ3) is 3.77. The molecule has 0 radical (unpaired) electrons. The lowest BCUT2D eigenvalue weighted by atomic mass is 10.5. The number of rotatable bonds is 6. The Labute approximate surface area is 80.8 Å². The molecule has 1 aromatic heterocycles. The van der Waals surface area contributed by atoms with Crippen molar-refractivity contribution < 1.29 is 13.5 Å². The number of H-pyrrole nitrogens is 1. The van der Waals surface area contributed by atoms with Gasteiger partial charge in [0, 0.05) is 6.61 Å². The number of hydrogen-bond acceptors (Lipinski definition) is 6. The Morgan fingerprint density at radius 1 is 1.50 bits per heavy atom. The Hall–Kier alpha value is -1.06. The fraction of sp³-hybridized carbons (Fsp3) is 0.800. The summed E-state index contributed by atoms with van der Waals surface area (Å²) in [5.74, 6) is 0.166. The Morgan fingerprint density at radius 3 is 2.86 bits per heavy atom. The van der Waals surface area contributed by atoms with Gasteiger partial charge < -0.3 is 5.11 Å². The monoisotopic (exact) mass is 221 g/mol. The fourth-order valence-corrected chi connectivity index (χ4v) is 1.76. The summed E-state index contributed by atoms with van der Waals surface area (Å²) >= 11 is 0. The van der Waals surface area contributed by atoms with E-state index in [9.17, 15) is 8.42 Å². The van der Waals surface area contributed by atoms with Gasteiger partial charge in [-0.2, -0.15) is 5.21 Å². The molecule has 0 amide bonds. The molecule has 0 spiro atoms. The Bertz CT molecular complexity index is 347. The van der Waals surface area contributed by atoms with Crippen molar-refractivity contribution >= 4 is 10.0 Å². The smallest absolute Gasteiger partial charge is 0.212 e. The molecule has 14 heavy (non-hydrogen) atoms. The molecule has 1 aromatic rings. The normalized spacial score (nSPS) is 11.8. The summed E-state index contributed by atoms with van der Waals surface area (Å²) in [7, 11) is -3.35. The van der Waals surface area contributed by atoms with E-state index < -0.39 is 10.0 Å². The number of aromatic nitrogens is 4. The summed E-state index contributed by atoms with van der Waals surface area (Å²) in [4.78, 5) is 0. The van der Waals surface area contributed by atoms with E-state index in [4.69, 9.17) is 5.11 Å². The zero-order chi connectivity index (χ0) is 10.4. The molecular formula is C5H11N5O3S. The SMILES string of the molecule is O=S(=O)(CCCO)NCc1nn[nH]n1. The van der Waals surface area contributed by atoms with E-state index in [0.29, 0.717) is 0 Å². The van der Waals surface area contributed by atoms with Crippen LogP contribution in [0.15, 0.2) is 0 Å². The van der Waals surface area contributed by atoms with Crippen LogP contribution in [0.25, 0.3) is 0 Å². The first-order valence-corrected chi connectivity index (χ1v) is 5.60. The van der Waals surface area contributed by atoms with Crippen LogP contribution in [0.1, 0.15) is 12.2 Å². The minimum atomic E-state index is -3.35. The van der Waals surface area contributed by atoms with Crippen LogP contribution in [0.4, 0.5) is 0 Å². The fourth-order valence-electron chi connectivity index (χ4n) is 0.759. The van der Waals surface area contributed by atoms with Gasteiger partial charge in [-0.1, -0.05) is 5.21 Å². The molecule has 9 heteroatoms. The molecule has 0 atom stereocenters. The first kappa shape index (κ1) is 11.0. The van der Waals surface area contributed by atoms with Gasteiger partial charge in [-0.25, -0.2) is 13.1 Å². The molecule has 0 aliphatic heterocycles. The van der Waals surface area contributed by atoms with E-state index in [1.165, 1.54) is 0 Å². The maximum atomic E-state index is 11.2. The molecule has 0 aliphatic rings. The predicted octanol–water partition coefficient (Wildman–Crippen LogP) is -2.00. The molecule has 0 bridgehead atoms. The zero-order valence-corrected chi connectivity index (χ0v) is 8.16. The average Bonchev–Trinajstić information content (AvgIpc) is 2.64. The van der Waals surface area contributed by atoms with Gasteiger partial charge in [0.25, 0.3) is 0 Å². The van der Waals surface area contributed by atoms with Gasteiger partial charge >= 0.3 is 0 Å². The molecule has 0 saturated carbocycles. The van der Waals surface area contributed by atoms with Gasteiger partial charge in [0.15, 0.2) is 5.82 Å². The van der Waals surface area contributed by atoms with Gasteiger partial charge in [-0.3, -0.25) is 0 Å². The van der Waals surface area contributed by atoms with Crippen LogP contribution in [0.5, 0.6) is 0 Å². The lowest BCUT2D eigenvalue weighted by molar-refractivity contribution is 0.295. The van der Waals surface area contributed by atoms with Crippen LogP contribution in [-0.2, 0) is 16.6 Å². The van der Waals surface area contributed by atoms with Crippen molar-refractivity contribution in [3.63, 3.8) is 0 Å². The van der Waals surface area contributed by atoms with Crippen molar-refractivity contribution in [1.29, 1.82) is 0 Å². The first-order chi connectivity index (χ1) is 6.64. The number of aliphatic hydroxyl groups excluding tert-OH is 1. The summed E-state index contributed by atoms with van der Waals surface area (Å²) in [6.07, 6.45) is 0.210. The number of sulfonamides is 1. The van der Waals surface area contributed by atoms with E-state index in [-0.39, 0.29) is 31.1 Å². The highest BCUT2D eigenvalue weighted by molar-refractivity contribution is 7.89. The number of nitrogens with one attached hydrogen (secondary N) is 2. The van der Waals surface area contributed by atoms with Crippen LogP contribution in [0.2, 0.25) is 0 Å². The number of aliphatic hydroxyl groups is 1. The second-order valence-electron chi connectivity index (χ2n) is 2.55. The molecular weight excluding hydrogens is 210 g/mol. The molecule has 0 unspecified atom stereocenters. The van der Waals surface area contributed by atoms with Gasteiger partial charge in [0.05, 0.1) is 12.3 Å². The van der Waals surface area contributed by atoms with Crippen molar-refractivity contribution in [2.24, 2.45) is 0 Å². The maximum Gasteiger partial charge on any atom is 0.212 e. The maximum absolute atomic E-state index is 11.2. The van der Waals surface area contributed by atoms with Crippen LogP contribution >= 0.6 is 0 Å². The molecule has 8 nitrogen and oxygen atoms in total. The molecule has 0 saturated heterocycles. The summed E-state index contributed by atoms with van der Waals surface area (Å²) in [5.41, 5.74) is 0. The first-order valence-electron chi connectivity index (χ1n) is 3.94. The van der Waals surface area contributed by atoms with Gasteiger partial charge in [0.2, 0.25) is 10.0 Å². The number of aromatic amines is 1. The topological polar surface area (TPSA) is 121 Å². The van der Waals surface area contributed by atoms with Crippen molar-refractivity contribution in [2.75, 3.05) is 12.4 Å². The van der Waals surface area contributed by atoms with E-state index in [1.807, 2.05) is 0 Å². The highest BCUT2D eigenvalue weighted by atomic mass is 32.2. The molecule has 80 valence electrons. The number of nitrogens with zero attached hydrogens (tertiary/aromatic N) is 3. The molecule has 0 fully saturated rings.